The highest BCUT2D eigenvalue weighted by molar-refractivity contribution is 5.86. The number of alkyl carbamates (subject to hydrolysis) is 1. The van der Waals surface area contributed by atoms with E-state index in [0.29, 0.717) is 0 Å². The maximum absolute atomic E-state index is 12.2. The van der Waals surface area contributed by atoms with Crippen molar-refractivity contribution < 1.29 is 29.0 Å². The van der Waals surface area contributed by atoms with Gasteiger partial charge in [0.05, 0.1) is 6.54 Å². The lowest BCUT2D eigenvalue weighted by Crippen LogP contribution is -2.49. The minimum Gasteiger partial charge on any atom is -0.480 e. The molecule has 2 aromatic rings. The number of benzene rings is 2. The summed E-state index contributed by atoms with van der Waals surface area (Å²) in [5.74, 6) is -1.81. The van der Waals surface area contributed by atoms with Gasteiger partial charge in [0, 0.05) is 13.0 Å². The molecule has 1 aliphatic rings. The van der Waals surface area contributed by atoms with E-state index in [1.165, 1.54) is 7.11 Å². The molecule has 0 radical (unpaired) electrons. The maximum Gasteiger partial charge on any atom is 0.407 e. The van der Waals surface area contributed by atoms with Gasteiger partial charge < -0.3 is 25.2 Å². The maximum atomic E-state index is 12.2. The van der Waals surface area contributed by atoms with Crippen LogP contribution in [0.15, 0.2) is 48.5 Å². The van der Waals surface area contributed by atoms with Crippen molar-refractivity contribution in [2.75, 3.05) is 20.3 Å². The van der Waals surface area contributed by atoms with Gasteiger partial charge in [-0.05, 0) is 28.7 Å². The van der Waals surface area contributed by atoms with Crippen LogP contribution in [0.3, 0.4) is 0 Å². The van der Waals surface area contributed by atoms with Gasteiger partial charge in [0.15, 0.2) is 6.10 Å². The first-order chi connectivity index (χ1) is 15.0. The van der Waals surface area contributed by atoms with E-state index in [2.05, 4.69) is 22.8 Å². The summed E-state index contributed by atoms with van der Waals surface area (Å²) in [7, 11) is 1.31. The number of methoxy groups -OCH3 is 1. The van der Waals surface area contributed by atoms with Crippen molar-refractivity contribution in [3.63, 3.8) is 0 Å². The Balaban J connectivity index is 1.56. The number of carboxylic acids is 1. The van der Waals surface area contributed by atoms with Crippen LogP contribution < -0.4 is 10.6 Å². The summed E-state index contributed by atoms with van der Waals surface area (Å²) < 4.78 is 10.5. The van der Waals surface area contributed by atoms with E-state index >= 15 is 0 Å². The van der Waals surface area contributed by atoms with Crippen molar-refractivity contribution in [3.8, 4) is 11.1 Å². The van der Waals surface area contributed by atoms with Crippen LogP contribution in [0, 0.1) is 0 Å². The molecule has 0 fully saturated rings. The second kappa shape index (κ2) is 10.1. The molecule has 0 saturated carbocycles. The Hall–Kier alpha value is -3.39. The van der Waals surface area contributed by atoms with Gasteiger partial charge in [0.2, 0.25) is 0 Å². The molecule has 3 rings (SSSR count). The molecule has 164 valence electrons. The number of carboxylic acid groups (broad SMARTS) is 1. The van der Waals surface area contributed by atoms with Gasteiger partial charge in [-0.25, -0.2) is 9.59 Å². The third-order valence-electron chi connectivity index (χ3n) is 5.38. The number of carbonyl (C=O) groups is 3. The summed E-state index contributed by atoms with van der Waals surface area (Å²) in [5, 5.41) is 14.0. The van der Waals surface area contributed by atoms with Crippen molar-refractivity contribution in [2.45, 2.75) is 31.4 Å². The lowest BCUT2D eigenvalue weighted by atomic mass is 9.98. The predicted molar refractivity (Wildman–Crippen MR) is 114 cm³/mol. The molecular formula is C23H26N2O6. The van der Waals surface area contributed by atoms with Crippen LogP contribution in [0.25, 0.3) is 11.1 Å². The number of hydrogen-bond donors (Lipinski definition) is 3. The highest BCUT2D eigenvalue weighted by Crippen LogP contribution is 2.44. The van der Waals surface area contributed by atoms with Gasteiger partial charge in [0.25, 0.3) is 5.91 Å². The molecule has 0 aliphatic heterocycles. The standard InChI is InChI=1S/C23H26N2O6/c1-3-19(22(27)28)25-21(26)20(30-2)12-24-23(29)31-13-18-16-10-6-4-8-14(16)15-9-5-7-11-17(15)18/h4-11,18-20H,3,12-13H2,1-2H3,(H,24,29)(H,25,26)(H,27,28)/t19-,20?/m0/s1. The zero-order chi connectivity index (χ0) is 22.4. The highest BCUT2D eigenvalue weighted by Gasteiger charge is 2.29. The third kappa shape index (κ3) is 5.03. The molecule has 1 unspecified atom stereocenters. The Morgan fingerprint density at radius 2 is 1.61 bits per heavy atom. The summed E-state index contributed by atoms with van der Waals surface area (Å²) in [6, 6.07) is 15.0. The van der Waals surface area contributed by atoms with E-state index in [0.717, 1.165) is 22.3 Å². The molecule has 1 aliphatic carbocycles. The minimum absolute atomic E-state index is 0.0689. The lowest BCUT2D eigenvalue weighted by Gasteiger charge is -2.19. The molecule has 3 N–H and O–H groups in total. The average Bonchev–Trinajstić information content (AvgIpc) is 3.10. The fraction of sp³-hybridized carbons (Fsp3) is 0.348. The van der Waals surface area contributed by atoms with Crippen molar-refractivity contribution in [2.24, 2.45) is 0 Å². The molecular weight excluding hydrogens is 400 g/mol. The number of fused-ring (bicyclic) bond motifs is 3. The van der Waals surface area contributed by atoms with Crippen LogP contribution in [0.2, 0.25) is 0 Å². The van der Waals surface area contributed by atoms with E-state index in [1.807, 2.05) is 36.4 Å². The smallest absolute Gasteiger partial charge is 0.407 e. The van der Waals surface area contributed by atoms with Gasteiger partial charge in [-0.15, -0.1) is 0 Å². The van der Waals surface area contributed by atoms with Crippen molar-refractivity contribution in [3.05, 3.63) is 59.7 Å². The number of nitrogens with one attached hydrogen (secondary N) is 2. The Kier molecular flexibility index (Phi) is 7.25. The summed E-state index contributed by atoms with van der Waals surface area (Å²) in [5.41, 5.74) is 4.47. The zero-order valence-electron chi connectivity index (χ0n) is 17.5. The van der Waals surface area contributed by atoms with Crippen molar-refractivity contribution in [1.29, 1.82) is 0 Å². The lowest BCUT2D eigenvalue weighted by molar-refractivity contribution is -0.143. The van der Waals surface area contributed by atoms with Gasteiger partial charge in [0.1, 0.15) is 12.6 Å². The second-order valence-electron chi connectivity index (χ2n) is 7.24. The first-order valence-electron chi connectivity index (χ1n) is 10.1. The van der Waals surface area contributed by atoms with Crippen LogP contribution in [0.5, 0.6) is 0 Å². The summed E-state index contributed by atoms with van der Waals surface area (Å²) in [6.45, 7) is 1.66. The van der Waals surface area contributed by atoms with Crippen LogP contribution in [0.1, 0.15) is 30.4 Å². The number of rotatable bonds is 9. The molecule has 0 saturated heterocycles. The number of hydrogen-bond acceptors (Lipinski definition) is 5. The molecule has 8 heteroatoms. The fourth-order valence-electron chi connectivity index (χ4n) is 3.71. The molecule has 31 heavy (non-hydrogen) atoms. The van der Waals surface area contributed by atoms with Crippen molar-refractivity contribution >= 4 is 18.0 Å². The SMILES string of the molecule is CC[C@H](NC(=O)C(CNC(=O)OCC1c2ccccc2-c2ccccc21)OC)C(=O)O. The van der Waals surface area contributed by atoms with E-state index in [4.69, 9.17) is 14.6 Å². The number of carbonyl (C=O) groups excluding carboxylic acids is 2. The zero-order valence-corrected chi connectivity index (χ0v) is 17.5. The first-order valence-corrected chi connectivity index (χ1v) is 10.1. The third-order valence-corrected chi connectivity index (χ3v) is 5.38. The predicted octanol–water partition coefficient (Wildman–Crippen LogP) is 2.52. The summed E-state index contributed by atoms with van der Waals surface area (Å²) in [4.78, 5) is 35.5. The Morgan fingerprint density at radius 3 is 2.13 bits per heavy atom. The highest BCUT2D eigenvalue weighted by atomic mass is 16.5. The quantitative estimate of drug-likeness (QED) is 0.568. The fourth-order valence-corrected chi connectivity index (χ4v) is 3.71. The van der Waals surface area contributed by atoms with E-state index in [-0.39, 0.29) is 25.5 Å². The monoisotopic (exact) mass is 426 g/mol. The van der Waals surface area contributed by atoms with Crippen LogP contribution >= 0.6 is 0 Å². The second-order valence-corrected chi connectivity index (χ2v) is 7.24. The molecule has 2 atom stereocenters. The largest absolute Gasteiger partial charge is 0.480 e. The van der Waals surface area contributed by atoms with Crippen LogP contribution in [0.4, 0.5) is 4.79 Å². The van der Waals surface area contributed by atoms with Gasteiger partial charge in [-0.3, -0.25) is 4.79 Å². The normalized spacial score (nSPS) is 14.1. The van der Waals surface area contributed by atoms with Crippen molar-refractivity contribution in [1.82, 2.24) is 10.6 Å². The minimum atomic E-state index is -1.13. The number of ether oxygens (including phenoxy) is 2. The molecule has 8 nitrogen and oxygen atoms in total. The average molecular weight is 426 g/mol. The number of aliphatic carboxylic acids is 1. The molecule has 0 aromatic heterocycles. The Morgan fingerprint density at radius 1 is 1.03 bits per heavy atom. The van der Waals surface area contributed by atoms with E-state index < -0.39 is 30.1 Å². The van der Waals surface area contributed by atoms with Gasteiger partial charge >= 0.3 is 12.1 Å². The molecule has 0 spiro atoms. The van der Waals surface area contributed by atoms with Crippen LogP contribution in [-0.2, 0) is 19.1 Å². The molecule has 0 bridgehead atoms. The topological polar surface area (TPSA) is 114 Å². The summed E-state index contributed by atoms with van der Waals surface area (Å²) >= 11 is 0. The number of amides is 2. The summed E-state index contributed by atoms with van der Waals surface area (Å²) in [6.07, 6.45) is -1.48. The van der Waals surface area contributed by atoms with E-state index in [1.54, 1.807) is 6.92 Å². The van der Waals surface area contributed by atoms with Gasteiger partial charge in [-0.2, -0.15) is 0 Å². The molecule has 2 amide bonds. The first kappa shape index (κ1) is 22.3. The van der Waals surface area contributed by atoms with Gasteiger partial charge in [-0.1, -0.05) is 55.5 Å². The molecule has 2 aromatic carbocycles. The van der Waals surface area contributed by atoms with Crippen LogP contribution in [-0.4, -0.2) is 55.5 Å². The Labute approximate surface area is 180 Å². The van der Waals surface area contributed by atoms with E-state index in [9.17, 15) is 14.4 Å². The Bertz CT molecular complexity index is 915. The molecule has 0 heterocycles.